The number of thiazole rings is 1. The summed E-state index contributed by atoms with van der Waals surface area (Å²) in [5.74, 6) is 0.384. The first-order valence-electron chi connectivity index (χ1n) is 9.24. The minimum atomic E-state index is 0.00669. The first kappa shape index (κ1) is 19.8. The summed E-state index contributed by atoms with van der Waals surface area (Å²) < 4.78 is 0. The second-order valence-corrected chi connectivity index (χ2v) is 8.39. The molecule has 2 aromatic rings. The van der Waals surface area contributed by atoms with Crippen molar-refractivity contribution in [2.24, 2.45) is 5.92 Å². The molecule has 1 saturated heterocycles. The van der Waals surface area contributed by atoms with E-state index in [-0.39, 0.29) is 11.8 Å². The lowest BCUT2D eigenvalue weighted by Crippen LogP contribution is -2.40. The molecule has 0 unspecified atom stereocenters. The molecular formula is C20H24ClN3O2S. The lowest BCUT2D eigenvalue weighted by molar-refractivity contribution is -0.121. The summed E-state index contributed by atoms with van der Waals surface area (Å²) in [6.07, 6.45) is 3.28. The fourth-order valence-corrected chi connectivity index (χ4v) is 4.16. The number of halogens is 1. The number of hydrogen-bond donors (Lipinski definition) is 1. The van der Waals surface area contributed by atoms with Crippen molar-refractivity contribution in [2.75, 3.05) is 13.1 Å². The van der Waals surface area contributed by atoms with Crippen LogP contribution >= 0.6 is 22.9 Å². The van der Waals surface area contributed by atoms with E-state index < -0.39 is 0 Å². The Labute approximate surface area is 168 Å². The number of rotatable bonds is 6. The summed E-state index contributed by atoms with van der Waals surface area (Å²) in [4.78, 5) is 30.9. The highest BCUT2D eigenvalue weighted by molar-refractivity contribution is 7.09. The summed E-state index contributed by atoms with van der Waals surface area (Å²) in [7, 11) is 0. The second kappa shape index (κ2) is 9.33. The summed E-state index contributed by atoms with van der Waals surface area (Å²) in [6.45, 7) is 3.82. The molecule has 144 valence electrons. The molecular weight excluding hydrogens is 382 g/mol. The van der Waals surface area contributed by atoms with Gasteiger partial charge in [0.1, 0.15) is 5.69 Å². The van der Waals surface area contributed by atoms with Crippen molar-refractivity contribution in [3.05, 3.63) is 50.9 Å². The van der Waals surface area contributed by atoms with Gasteiger partial charge in [0.15, 0.2) is 0 Å². The van der Waals surface area contributed by atoms with Crippen LogP contribution in [0.5, 0.6) is 0 Å². The van der Waals surface area contributed by atoms with E-state index in [2.05, 4.69) is 10.3 Å². The Morgan fingerprint density at radius 2 is 2.19 bits per heavy atom. The molecule has 1 aliphatic heterocycles. The average Bonchev–Trinajstić information content (AvgIpc) is 3.11. The molecule has 0 aliphatic carbocycles. The molecule has 1 aromatic carbocycles. The van der Waals surface area contributed by atoms with Gasteiger partial charge in [0.05, 0.1) is 5.01 Å². The Bertz CT molecular complexity index is 808. The van der Waals surface area contributed by atoms with Gasteiger partial charge in [-0.15, -0.1) is 11.3 Å². The van der Waals surface area contributed by atoms with Crippen molar-refractivity contribution < 1.29 is 9.59 Å². The van der Waals surface area contributed by atoms with Crippen LogP contribution in [0.2, 0.25) is 5.02 Å². The maximum absolute atomic E-state index is 12.6. The standard InChI is InChI=1S/C20H24ClN3O2S/c1-14-23-18(13-27-14)20(26)24-10-4-5-15(12-24)8-9-19(25)22-11-16-6-2-3-7-17(16)21/h2-3,6-7,13,15H,4-5,8-12H2,1H3,(H,22,25)/t15-/m1/s1. The van der Waals surface area contributed by atoms with Gasteiger partial charge in [-0.2, -0.15) is 0 Å². The number of aromatic nitrogens is 1. The number of benzene rings is 1. The van der Waals surface area contributed by atoms with E-state index in [1.165, 1.54) is 11.3 Å². The average molecular weight is 406 g/mol. The maximum Gasteiger partial charge on any atom is 0.273 e. The Hall–Kier alpha value is -1.92. The molecule has 2 heterocycles. The van der Waals surface area contributed by atoms with Crippen LogP contribution in [-0.4, -0.2) is 34.8 Å². The molecule has 7 heteroatoms. The molecule has 1 aromatic heterocycles. The van der Waals surface area contributed by atoms with Gasteiger partial charge in [-0.05, 0) is 43.7 Å². The number of amides is 2. The van der Waals surface area contributed by atoms with Crippen molar-refractivity contribution in [1.29, 1.82) is 0 Å². The molecule has 1 aliphatic rings. The lowest BCUT2D eigenvalue weighted by atomic mass is 9.93. The molecule has 1 fully saturated rings. The van der Waals surface area contributed by atoms with E-state index >= 15 is 0 Å². The lowest BCUT2D eigenvalue weighted by Gasteiger charge is -2.32. The van der Waals surface area contributed by atoms with Crippen molar-refractivity contribution >= 4 is 34.8 Å². The molecule has 2 amide bonds. The van der Waals surface area contributed by atoms with E-state index in [0.29, 0.717) is 36.1 Å². The molecule has 0 saturated carbocycles. The quantitative estimate of drug-likeness (QED) is 0.788. The van der Waals surface area contributed by atoms with E-state index in [1.807, 2.05) is 41.5 Å². The number of piperidine rings is 1. The zero-order chi connectivity index (χ0) is 19.2. The third-order valence-electron chi connectivity index (χ3n) is 4.86. The van der Waals surface area contributed by atoms with E-state index in [0.717, 1.165) is 36.4 Å². The molecule has 1 N–H and O–H groups in total. The topological polar surface area (TPSA) is 62.3 Å². The molecule has 0 bridgehead atoms. The minimum absolute atomic E-state index is 0.00669. The molecule has 0 radical (unpaired) electrons. The molecule has 0 spiro atoms. The normalized spacial score (nSPS) is 17.0. The fraction of sp³-hybridized carbons (Fsp3) is 0.450. The number of nitrogens with zero attached hydrogens (tertiary/aromatic N) is 2. The molecule has 1 atom stereocenters. The number of aryl methyl sites for hydroxylation is 1. The summed E-state index contributed by atoms with van der Waals surface area (Å²) in [5.41, 5.74) is 1.45. The molecule has 3 rings (SSSR count). The minimum Gasteiger partial charge on any atom is -0.352 e. The van der Waals surface area contributed by atoms with Gasteiger partial charge in [0, 0.05) is 36.5 Å². The van der Waals surface area contributed by atoms with Crippen molar-refractivity contribution in [3.8, 4) is 0 Å². The number of carbonyl (C=O) groups is 2. The smallest absolute Gasteiger partial charge is 0.273 e. The Morgan fingerprint density at radius 3 is 2.93 bits per heavy atom. The summed E-state index contributed by atoms with van der Waals surface area (Å²) in [6, 6.07) is 7.51. The summed E-state index contributed by atoms with van der Waals surface area (Å²) in [5, 5.41) is 6.32. The van der Waals surface area contributed by atoms with Crippen LogP contribution in [0.25, 0.3) is 0 Å². The highest BCUT2D eigenvalue weighted by Crippen LogP contribution is 2.23. The number of likely N-dealkylation sites (tertiary alicyclic amines) is 1. The monoisotopic (exact) mass is 405 g/mol. The highest BCUT2D eigenvalue weighted by atomic mass is 35.5. The number of nitrogens with one attached hydrogen (secondary N) is 1. The summed E-state index contributed by atoms with van der Waals surface area (Å²) >= 11 is 7.61. The SMILES string of the molecule is Cc1nc(C(=O)N2CCC[C@H](CCC(=O)NCc3ccccc3Cl)C2)cs1. The largest absolute Gasteiger partial charge is 0.352 e. The van der Waals surface area contributed by atoms with Crippen LogP contribution in [0.3, 0.4) is 0 Å². The van der Waals surface area contributed by atoms with Gasteiger partial charge in [-0.1, -0.05) is 29.8 Å². The Balaban J connectivity index is 1.44. The first-order valence-corrected chi connectivity index (χ1v) is 10.5. The zero-order valence-electron chi connectivity index (χ0n) is 15.4. The van der Waals surface area contributed by atoms with E-state index in [4.69, 9.17) is 11.6 Å². The van der Waals surface area contributed by atoms with Crippen LogP contribution in [-0.2, 0) is 11.3 Å². The van der Waals surface area contributed by atoms with Gasteiger partial charge in [-0.25, -0.2) is 4.98 Å². The second-order valence-electron chi connectivity index (χ2n) is 6.92. The van der Waals surface area contributed by atoms with E-state index in [9.17, 15) is 9.59 Å². The van der Waals surface area contributed by atoms with Crippen LogP contribution in [0, 0.1) is 12.8 Å². The number of hydrogen-bond acceptors (Lipinski definition) is 4. The van der Waals surface area contributed by atoms with Gasteiger partial charge < -0.3 is 10.2 Å². The van der Waals surface area contributed by atoms with Crippen LogP contribution in [0.1, 0.15) is 46.7 Å². The van der Waals surface area contributed by atoms with Gasteiger partial charge in [0.2, 0.25) is 5.91 Å². The third-order valence-corrected chi connectivity index (χ3v) is 6.00. The maximum atomic E-state index is 12.6. The van der Waals surface area contributed by atoms with Crippen LogP contribution < -0.4 is 5.32 Å². The fourth-order valence-electron chi connectivity index (χ4n) is 3.37. The Morgan fingerprint density at radius 1 is 1.37 bits per heavy atom. The van der Waals surface area contributed by atoms with E-state index in [1.54, 1.807) is 0 Å². The highest BCUT2D eigenvalue weighted by Gasteiger charge is 2.26. The van der Waals surface area contributed by atoms with Crippen LogP contribution in [0.4, 0.5) is 0 Å². The van der Waals surface area contributed by atoms with Gasteiger partial charge in [0.25, 0.3) is 5.91 Å². The first-order chi connectivity index (χ1) is 13.0. The van der Waals surface area contributed by atoms with Gasteiger partial charge >= 0.3 is 0 Å². The predicted molar refractivity (Wildman–Crippen MR) is 108 cm³/mol. The van der Waals surface area contributed by atoms with Crippen molar-refractivity contribution in [1.82, 2.24) is 15.2 Å². The zero-order valence-corrected chi connectivity index (χ0v) is 17.0. The predicted octanol–water partition coefficient (Wildman–Crippen LogP) is 4.05. The Kier molecular flexibility index (Phi) is 6.85. The van der Waals surface area contributed by atoms with Gasteiger partial charge in [-0.3, -0.25) is 9.59 Å². The molecule has 5 nitrogen and oxygen atoms in total. The third kappa shape index (κ3) is 5.53. The molecule has 27 heavy (non-hydrogen) atoms. The van der Waals surface area contributed by atoms with Crippen LogP contribution in [0.15, 0.2) is 29.6 Å². The number of carbonyl (C=O) groups excluding carboxylic acids is 2. The van der Waals surface area contributed by atoms with Crippen molar-refractivity contribution in [3.63, 3.8) is 0 Å². The van der Waals surface area contributed by atoms with Crippen molar-refractivity contribution in [2.45, 2.75) is 39.2 Å².